The molecule has 0 aliphatic heterocycles. The standard InChI is InChI=1S/C10H24N2/c1-7-9(12(5)6)8-11-10(2,3)4/h9,11H,7-8H2,1-6H3. The molecule has 1 unspecified atom stereocenters. The molecule has 2 nitrogen and oxygen atoms in total. The van der Waals surface area contributed by atoms with E-state index in [-0.39, 0.29) is 5.54 Å². The number of hydrogen-bond donors (Lipinski definition) is 1. The maximum absolute atomic E-state index is 3.51. The van der Waals surface area contributed by atoms with E-state index in [1.807, 2.05) is 0 Å². The molecule has 0 bridgehead atoms. The van der Waals surface area contributed by atoms with E-state index in [0.717, 1.165) is 6.54 Å². The van der Waals surface area contributed by atoms with Gasteiger partial charge in [-0.2, -0.15) is 0 Å². The summed E-state index contributed by atoms with van der Waals surface area (Å²) in [5.74, 6) is 0. The molecule has 0 heterocycles. The Labute approximate surface area is 77.3 Å². The first kappa shape index (κ1) is 11.9. The second kappa shape index (κ2) is 4.83. The van der Waals surface area contributed by atoms with E-state index in [9.17, 15) is 0 Å². The van der Waals surface area contributed by atoms with Crippen LogP contribution in [-0.2, 0) is 0 Å². The van der Waals surface area contributed by atoms with Gasteiger partial charge in [-0.15, -0.1) is 0 Å². The minimum Gasteiger partial charge on any atom is -0.311 e. The fourth-order valence-electron chi connectivity index (χ4n) is 1.12. The average Bonchev–Trinajstić information content (AvgIpc) is 1.85. The van der Waals surface area contributed by atoms with Crippen molar-refractivity contribution >= 4 is 0 Å². The molecule has 74 valence electrons. The van der Waals surface area contributed by atoms with Crippen molar-refractivity contribution in [1.29, 1.82) is 0 Å². The molecule has 12 heavy (non-hydrogen) atoms. The molecule has 0 rings (SSSR count). The first-order valence-electron chi connectivity index (χ1n) is 4.78. The second-order valence-corrected chi connectivity index (χ2v) is 4.66. The predicted molar refractivity (Wildman–Crippen MR) is 55.5 cm³/mol. The Hall–Kier alpha value is -0.0800. The van der Waals surface area contributed by atoms with Gasteiger partial charge < -0.3 is 10.2 Å². The molecule has 0 spiro atoms. The van der Waals surface area contributed by atoms with Gasteiger partial charge in [0.05, 0.1) is 0 Å². The Kier molecular flexibility index (Phi) is 4.80. The van der Waals surface area contributed by atoms with Crippen molar-refractivity contribution in [3.05, 3.63) is 0 Å². The Morgan fingerprint density at radius 2 is 1.75 bits per heavy atom. The summed E-state index contributed by atoms with van der Waals surface area (Å²) in [4.78, 5) is 2.28. The van der Waals surface area contributed by atoms with Crippen molar-refractivity contribution in [2.45, 2.75) is 45.7 Å². The normalized spacial score (nSPS) is 15.2. The summed E-state index contributed by atoms with van der Waals surface area (Å²) in [5, 5.41) is 3.51. The Morgan fingerprint density at radius 1 is 1.25 bits per heavy atom. The van der Waals surface area contributed by atoms with Crippen LogP contribution in [0.25, 0.3) is 0 Å². The molecule has 1 N–H and O–H groups in total. The van der Waals surface area contributed by atoms with E-state index >= 15 is 0 Å². The third-order valence-electron chi connectivity index (χ3n) is 2.07. The van der Waals surface area contributed by atoms with E-state index in [1.165, 1.54) is 6.42 Å². The van der Waals surface area contributed by atoms with Crippen LogP contribution in [0.1, 0.15) is 34.1 Å². The quantitative estimate of drug-likeness (QED) is 0.694. The van der Waals surface area contributed by atoms with Crippen molar-refractivity contribution in [2.24, 2.45) is 0 Å². The van der Waals surface area contributed by atoms with Gasteiger partial charge in [0.15, 0.2) is 0 Å². The maximum atomic E-state index is 3.51. The Morgan fingerprint density at radius 3 is 2.00 bits per heavy atom. The summed E-state index contributed by atoms with van der Waals surface area (Å²) >= 11 is 0. The van der Waals surface area contributed by atoms with E-state index < -0.39 is 0 Å². The van der Waals surface area contributed by atoms with Crippen LogP contribution in [-0.4, -0.2) is 37.1 Å². The second-order valence-electron chi connectivity index (χ2n) is 4.66. The van der Waals surface area contributed by atoms with Gasteiger partial charge in [-0.1, -0.05) is 6.92 Å². The van der Waals surface area contributed by atoms with Gasteiger partial charge >= 0.3 is 0 Å². The van der Waals surface area contributed by atoms with Gasteiger partial charge in [-0.3, -0.25) is 0 Å². The van der Waals surface area contributed by atoms with E-state index in [1.54, 1.807) is 0 Å². The summed E-state index contributed by atoms with van der Waals surface area (Å²) in [7, 11) is 4.27. The van der Waals surface area contributed by atoms with E-state index in [0.29, 0.717) is 6.04 Å². The summed E-state index contributed by atoms with van der Waals surface area (Å²) in [6.45, 7) is 9.92. The number of rotatable bonds is 4. The highest BCUT2D eigenvalue weighted by atomic mass is 15.1. The maximum Gasteiger partial charge on any atom is 0.0212 e. The highest BCUT2D eigenvalue weighted by Crippen LogP contribution is 2.02. The number of nitrogens with one attached hydrogen (secondary N) is 1. The van der Waals surface area contributed by atoms with Crippen LogP contribution in [0, 0.1) is 0 Å². The summed E-state index contributed by atoms with van der Waals surface area (Å²) in [6, 6.07) is 0.657. The zero-order chi connectivity index (χ0) is 9.78. The highest BCUT2D eigenvalue weighted by molar-refractivity contribution is 4.75. The van der Waals surface area contributed by atoms with Crippen molar-refractivity contribution in [1.82, 2.24) is 10.2 Å². The zero-order valence-electron chi connectivity index (χ0n) is 9.44. The predicted octanol–water partition coefficient (Wildman–Crippen LogP) is 1.71. The Balaban J connectivity index is 3.73. The lowest BCUT2D eigenvalue weighted by Gasteiger charge is -2.28. The summed E-state index contributed by atoms with van der Waals surface area (Å²) < 4.78 is 0. The zero-order valence-corrected chi connectivity index (χ0v) is 9.44. The van der Waals surface area contributed by atoms with Gasteiger partial charge in [0.1, 0.15) is 0 Å². The monoisotopic (exact) mass is 172 g/mol. The van der Waals surface area contributed by atoms with Crippen LogP contribution < -0.4 is 5.32 Å². The van der Waals surface area contributed by atoms with Gasteiger partial charge in [0.25, 0.3) is 0 Å². The molecule has 0 aliphatic carbocycles. The molecular weight excluding hydrogens is 148 g/mol. The topological polar surface area (TPSA) is 15.3 Å². The third kappa shape index (κ3) is 5.56. The molecule has 2 heteroatoms. The van der Waals surface area contributed by atoms with Crippen molar-refractivity contribution in [2.75, 3.05) is 20.6 Å². The van der Waals surface area contributed by atoms with Gasteiger partial charge in [0, 0.05) is 18.1 Å². The lowest BCUT2D eigenvalue weighted by molar-refractivity contribution is 0.255. The molecule has 1 atom stereocenters. The molecule has 0 aromatic rings. The SMILES string of the molecule is CCC(CNC(C)(C)C)N(C)C. The number of likely N-dealkylation sites (N-methyl/N-ethyl adjacent to an activating group) is 1. The smallest absolute Gasteiger partial charge is 0.0212 e. The minimum atomic E-state index is 0.240. The van der Waals surface area contributed by atoms with Crippen LogP contribution in [0.15, 0.2) is 0 Å². The molecule has 0 aromatic carbocycles. The fraction of sp³-hybridized carbons (Fsp3) is 1.00. The molecule has 0 amide bonds. The number of hydrogen-bond acceptors (Lipinski definition) is 2. The lowest BCUT2D eigenvalue weighted by Crippen LogP contribution is -2.45. The van der Waals surface area contributed by atoms with E-state index in [4.69, 9.17) is 0 Å². The van der Waals surface area contributed by atoms with Crippen LogP contribution in [0.3, 0.4) is 0 Å². The summed E-state index contributed by atoms with van der Waals surface area (Å²) in [5.41, 5.74) is 0.240. The van der Waals surface area contributed by atoms with E-state index in [2.05, 4.69) is 52.0 Å². The molecular formula is C10H24N2. The molecule has 0 aromatic heterocycles. The first-order chi connectivity index (χ1) is 5.37. The molecule has 0 radical (unpaired) electrons. The number of nitrogens with zero attached hydrogens (tertiary/aromatic N) is 1. The first-order valence-corrected chi connectivity index (χ1v) is 4.78. The summed E-state index contributed by atoms with van der Waals surface area (Å²) in [6.07, 6.45) is 1.20. The van der Waals surface area contributed by atoms with Gasteiger partial charge in [-0.25, -0.2) is 0 Å². The van der Waals surface area contributed by atoms with Crippen molar-refractivity contribution in [3.8, 4) is 0 Å². The van der Waals surface area contributed by atoms with Crippen molar-refractivity contribution < 1.29 is 0 Å². The molecule has 0 saturated carbocycles. The highest BCUT2D eigenvalue weighted by Gasteiger charge is 2.13. The molecule has 0 fully saturated rings. The van der Waals surface area contributed by atoms with Crippen molar-refractivity contribution in [3.63, 3.8) is 0 Å². The fourth-order valence-corrected chi connectivity index (χ4v) is 1.12. The molecule has 0 aliphatic rings. The third-order valence-corrected chi connectivity index (χ3v) is 2.07. The lowest BCUT2D eigenvalue weighted by atomic mass is 10.1. The minimum absolute atomic E-state index is 0.240. The average molecular weight is 172 g/mol. The van der Waals surface area contributed by atoms with Crippen LogP contribution in [0.4, 0.5) is 0 Å². The van der Waals surface area contributed by atoms with Gasteiger partial charge in [0.2, 0.25) is 0 Å². The van der Waals surface area contributed by atoms with Crippen LogP contribution in [0.2, 0.25) is 0 Å². The van der Waals surface area contributed by atoms with Crippen LogP contribution >= 0.6 is 0 Å². The Bertz CT molecular complexity index is 113. The van der Waals surface area contributed by atoms with Gasteiger partial charge in [-0.05, 0) is 41.3 Å². The largest absolute Gasteiger partial charge is 0.311 e. The van der Waals surface area contributed by atoms with Crippen LogP contribution in [0.5, 0.6) is 0 Å². The molecule has 0 saturated heterocycles.